The molecule has 19 heavy (non-hydrogen) atoms. The average Bonchev–Trinajstić information content (AvgIpc) is 2.82. The van der Waals surface area contributed by atoms with Crippen molar-refractivity contribution in [2.24, 2.45) is 5.73 Å². The second-order valence-corrected chi connectivity index (χ2v) is 4.16. The highest BCUT2D eigenvalue weighted by atomic mass is 15.0. The monoisotopic (exact) mass is 252 g/mol. The van der Waals surface area contributed by atoms with E-state index in [-0.39, 0.29) is 0 Å². The van der Waals surface area contributed by atoms with Crippen LogP contribution in [0.5, 0.6) is 0 Å². The predicted octanol–water partition coefficient (Wildman–Crippen LogP) is 1.35. The van der Waals surface area contributed by atoms with Crippen LogP contribution in [0.2, 0.25) is 0 Å². The summed E-state index contributed by atoms with van der Waals surface area (Å²) in [5, 5.41) is 14.0. The molecule has 0 saturated heterocycles. The van der Waals surface area contributed by atoms with Crippen molar-refractivity contribution in [3.05, 3.63) is 30.1 Å². The summed E-state index contributed by atoms with van der Waals surface area (Å²) in [5.74, 6) is 0.756. The molecule has 2 heterocycles. The van der Waals surface area contributed by atoms with Crippen molar-refractivity contribution in [3.8, 4) is 6.07 Å². The second-order valence-electron chi connectivity index (χ2n) is 4.16. The minimum absolute atomic E-state index is 0.534. The Morgan fingerprint density at radius 2 is 2.26 bits per heavy atom. The number of anilines is 1. The fourth-order valence-electron chi connectivity index (χ4n) is 2.12. The van der Waals surface area contributed by atoms with Crippen LogP contribution in [0.4, 0.5) is 5.82 Å². The normalized spacial score (nSPS) is 10.7. The molecule has 0 unspecified atom stereocenters. The minimum atomic E-state index is 0.534. The molecule has 2 aromatic heterocycles. The number of H-pyrrole nitrogens is 1. The van der Waals surface area contributed by atoms with Gasteiger partial charge in [0.15, 0.2) is 0 Å². The van der Waals surface area contributed by atoms with E-state index in [1.54, 1.807) is 6.07 Å². The van der Waals surface area contributed by atoms with Gasteiger partial charge in [-0.2, -0.15) is 5.26 Å². The predicted molar refractivity (Wildman–Crippen MR) is 73.7 cm³/mol. The standard InChI is InChI=1S/C13H12N6/c14-3-4-16-12-11-9-2-1-8(6-15)5-10(9)19-13(11)18-7-17-12/h1-2,5,7H,3-4,14H2,(H2,16,17,18,19). The number of fused-ring (bicyclic) bond motifs is 3. The lowest BCUT2D eigenvalue weighted by atomic mass is 10.1. The summed E-state index contributed by atoms with van der Waals surface area (Å²) in [7, 11) is 0. The van der Waals surface area contributed by atoms with E-state index in [0.717, 1.165) is 27.8 Å². The lowest BCUT2D eigenvalue weighted by Crippen LogP contribution is -2.14. The Balaban J connectivity index is 2.26. The van der Waals surface area contributed by atoms with Crippen molar-refractivity contribution in [1.29, 1.82) is 5.26 Å². The van der Waals surface area contributed by atoms with E-state index in [0.29, 0.717) is 18.7 Å². The van der Waals surface area contributed by atoms with E-state index in [1.807, 2.05) is 12.1 Å². The fraction of sp³-hybridized carbons (Fsp3) is 0.154. The second kappa shape index (κ2) is 4.55. The lowest BCUT2D eigenvalue weighted by Gasteiger charge is -2.04. The summed E-state index contributed by atoms with van der Waals surface area (Å²) in [4.78, 5) is 11.7. The number of hydrogen-bond donors (Lipinski definition) is 3. The van der Waals surface area contributed by atoms with Gasteiger partial charge in [-0.25, -0.2) is 9.97 Å². The molecule has 0 spiro atoms. The van der Waals surface area contributed by atoms with Crippen LogP contribution in [0.25, 0.3) is 21.9 Å². The van der Waals surface area contributed by atoms with Crippen molar-refractivity contribution in [2.45, 2.75) is 0 Å². The summed E-state index contributed by atoms with van der Waals surface area (Å²) in [6.45, 7) is 1.18. The number of aromatic nitrogens is 3. The molecule has 0 saturated carbocycles. The number of nitriles is 1. The average molecular weight is 252 g/mol. The van der Waals surface area contributed by atoms with Gasteiger partial charge in [0.1, 0.15) is 17.8 Å². The summed E-state index contributed by atoms with van der Waals surface area (Å²) < 4.78 is 0. The smallest absolute Gasteiger partial charge is 0.143 e. The van der Waals surface area contributed by atoms with Crippen molar-refractivity contribution in [3.63, 3.8) is 0 Å². The van der Waals surface area contributed by atoms with Gasteiger partial charge in [0.2, 0.25) is 0 Å². The van der Waals surface area contributed by atoms with Crippen molar-refractivity contribution < 1.29 is 0 Å². The third kappa shape index (κ3) is 1.86. The van der Waals surface area contributed by atoms with Crippen LogP contribution in [-0.2, 0) is 0 Å². The van der Waals surface area contributed by atoms with Crippen LogP contribution in [0.15, 0.2) is 24.5 Å². The number of benzene rings is 1. The Hall–Kier alpha value is -2.65. The summed E-state index contributed by atoms with van der Waals surface area (Å²) in [5.41, 5.74) is 7.74. The Kier molecular flexibility index (Phi) is 2.74. The maximum Gasteiger partial charge on any atom is 0.143 e. The van der Waals surface area contributed by atoms with Crippen LogP contribution in [0, 0.1) is 11.3 Å². The van der Waals surface area contributed by atoms with Crippen molar-refractivity contribution in [2.75, 3.05) is 18.4 Å². The zero-order valence-corrected chi connectivity index (χ0v) is 10.1. The quantitative estimate of drug-likeness (QED) is 0.652. The first-order valence-electron chi connectivity index (χ1n) is 5.94. The van der Waals surface area contributed by atoms with Crippen molar-refractivity contribution >= 4 is 27.8 Å². The third-order valence-corrected chi connectivity index (χ3v) is 2.96. The molecule has 4 N–H and O–H groups in total. The zero-order valence-electron chi connectivity index (χ0n) is 10.1. The SMILES string of the molecule is N#Cc1ccc2c(c1)[nH]c1ncnc(NCCN)c12. The van der Waals surface area contributed by atoms with Gasteiger partial charge in [-0.1, -0.05) is 6.07 Å². The maximum atomic E-state index is 8.92. The molecule has 1 aromatic carbocycles. The van der Waals surface area contributed by atoms with Gasteiger partial charge in [-0.05, 0) is 12.1 Å². The number of aromatic amines is 1. The zero-order chi connectivity index (χ0) is 13.2. The van der Waals surface area contributed by atoms with Gasteiger partial charge in [0.05, 0.1) is 17.0 Å². The van der Waals surface area contributed by atoms with Gasteiger partial charge in [0.25, 0.3) is 0 Å². The molecule has 0 radical (unpaired) electrons. The van der Waals surface area contributed by atoms with E-state index in [4.69, 9.17) is 11.0 Å². The molecule has 3 aromatic rings. The largest absolute Gasteiger partial charge is 0.368 e. The molecule has 6 nitrogen and oxygen atoms in total. The van der Waals surface area contributed by atoms with Crippen LogP contribution < -0.4 is 11.1 Å². The van der Waals surface area contributed by atoms with E-state index >= 15 is 0 Å². The molecule has 0 fully saturated rings. The summed E-state index contributed by atoms with van der Waals surface area (Å²) in [6, 6.07) is 7.63. The molecular weight excluding hydrogens is 240 g/mol. The Morgan fingerprint density at radius 1 is 1.37 bits per heavy atom. The van der Waals surface area contributed by atoms with Crippen LogP contribution >= 0.6 is 0 Å². The molecule has 0 aliphatic carbocycles. The highest BCUT2D eigenvalue weighted by Crippen LogP contribution is 2.29. The van der Waals surface area contributed by atoms with Gasteiger partial charge in [-0.15, -0.1) is 0 Å². The number of nitrogens with two attached hydrogens (primary N) is 1. The third-order valence-electron chi connectivity index (χ3n) is 2.96. The fourth-order valence-corrected chi connectivity index (χ4v) is 2.12. The molecule has 0 bridgehead atoms. The molecule has 3 rings (SSSR count). The van der Waals surface area contributed by atoms with Gasteiger partial charge >= 0.3 is 0 Å². The number of nitrogens with one attached hydrogen (secondary N) is 2. The summed E-state index contributed by atoms with van der Waals surface area (Å²) >= 11 is 0. The molecule has 94 valence electrons. The molecule has 0 aliphatic rings. The summed E-state index contributed by atoms with van der Waals surface area (Å²) in [6.07, 6.45) is 1.50. The van der Waals surface area contributed by atoms with Gasteiger partial charge in [0, 0.05) is 24.0 Å². The number of nitrogens with zero attached hydrogens (tertiary/aromatic N) is 3. The van der Waals surface area contributed by atoms with Crippen LogP contribution in [0.3, 0.4) is 0 Å². The first-order valence-corrected chi connectivity index (χ1v) is 5.94. The Morgan fingerprint density at radius 3 is 3.05 bits per heavy atom. The topological polar surface area (TPSA) is 103 Å². The van der Waals surface area contributed by atoms with Gasteiger partial charge in [-0.3, -0.25) is 0 Å². The van der Waals surface area contributed by atoms with E-state index in [2.05, 4.69) is 26.3 Å². The first kappa shape index (κ1) is 11.4. The first-order chi connectivity index (χ1) is 9.33. The van der Waals surface area contributed by atoms with Crippen molar-refractivity contribution in [1.82, 2.24) is 15.0 Å². The number of hydrogen-bond acceptors (Lipinski definition) is 5. The number of rotatable bonds is 3. The Bertz CT molecular complexity index is 783. The van der Waals surface area contributed by atoms with E-state index in [9.17, 15) is 0 Å². The molecule has 0 aliphatic heterocycles. The minimum Gasteiger partial charge on any atom is -0.368 e. The molecule has 0 amide bonds. The highest BCUT2D eigenvalue weighted by molar-refractivity contribution is 6.11. The molecular formula is C13H12N6. The lowest BCUT2D eigenvalue weighted by molar-refractivity contribution is 1.01. The van der Waals surface area contributed by atoms with Gasteiger partial charge < -0.3 is 16.0 Å². The highest BCUT2D eigenvalue weighted by Gasteiger charge is 2.10. The molecule has 6 heteroatoms. The van der Waals surface area contributed by atoms with E-state index < -0.39 is 0 Å². The maximum absolute atomic E-state index is 8.92. The van der Waals surface area contributed by atoms with Crippen LogP contribution in [0.1, 0.15) is 5.56 Å². The van der Waals surface area contributed by atoms with E-state index in [1.165, 1.54) is 6.33 Å². The Labute approximate surface area is 109 Å². The van der Waals surface area contributed by atoms with Crippen LogP contribution in [-0.4, -0.2) is 28.0 Å². The molecule has 0 atom stereocenters.